The fourth-order valence-corrected chi connectivity index (χ4v) is 4.64. The van der Waals surface area contributed by atoms with E-state index in [9.17, 15) is 19.5 Å². The molecule has 2 amide bonds. The maximum atomic E-state index is 13.0. The molecular weight excluding hydrogens is 424 g/mol. The van der Waals surface area contributed by atoms with Crippen LogP contribution in [0.5, 0.6) is 0 Å². The highest BCUT2D eigenvalue weighted by molar-refractivity contribution is 5.87. The van der Waals surface area contributed by atoms with Crippen LogP contribution in [-0.2, 0) is 19.1 Å². The Labute approximate surface area is 192 Å². The van der Waals surface area contributed by atoms with E-state index in [4.69, 9.17) is 9.47 Å². The number of nitrogens with one attached hydrogen (secondary N) is 1. The second-order valence-corrected chi connectivity index (χ2v) is 8.50. The Hall–Kier alpha value is -3.39. The standard InChI is InChI=1S/C25H28N2O6/c1-15(32-2)22(23(28)27-12-11-16(13-27)24(29)30)26-25(31)33-14-21-19-9-5-3-7-17(19)18-8-4-6-10-20(18)21/h3-10,15-16,21-22H,11-14H2,1-2H3,(H,26,31)(H,29,30). The van der Waals surface area contributed by atoms with Gasteiger partial charge in [-0.2, -0.15) is 0 Å². The van der Waals surface area contributed by atoms with Crippen LogP contribution in [0, 0.1) is 5.92 Å². The molecule has 0 aromatic heterocycles. The zero-order chi connectivity index (χ0) is 23.5. The number of rotatable bonds is 7. The minimum atomic E-state index is -0.974. The Bertz CT molecular complexity index is 1010. The predicted octanol–water partition coefficient (Wildman–Crippen LogP) is 2.86. The summed E-state index contributed by atoms with van der Waals surface area (Å²) in [4.78, 5) is 38.4. The van der Waals surface area contributed by atoms with Gasteiger partial charge in [0.1, 0.15) is 12.6 Å². The van der Waals surface area contributed by atoms with Crippen LogP contribution in [0.15, 0.2) is 48.5 Å². The molecule has 2 aromatic rings. The number of likely N-dealkylation sites (tertiary alicyclic amines) is 1. The van der Waals surface area contributed by atoms with E-state index in [0.29, 0.717) is 13.0 Å². The molecule has 0 bridgehead atoms. The first kappa shape index (κ1) is 22.8. The third-order valence-electron chi connectivity index (χ3n) is 6.57. The first-order valence-electron chi connectivity index (χ1n) is 11.1. The van der Waals surface area contributed by atoms with Crippen molar-refractivity contribution in [2.24, 2.45) is 5.92 Å². The van der Waals surface area contributed by atoms with Crippen molar-refractivity contribution in [1.29, 1.82) is 0 Å². The number of hydrogen-bond donors (Lipinski definition) is 2. The molecule has 3 unspecified atom stereocenters. The Balaban J connectivity index is 1.42. The molecule has 2 N–H and O–H groups in total. The van der Waals surface area contributed by atoms with E-state index in [0.717, 1.165) is 22.3 Å². The predicted molar refractivity (Wildman–Crippen MR) is 121 cm³/mol. The average Bonchev–Trinajstić information content (AvgIpc) is 3.44. The molecule has 3 atom stereocenters. The van der Waals surface area contributed by atoms with E-state index in [1.54, 1.807) is 6.92 Å². The number of carbonyl (C=O) groups excluding carboxylic acids is 2. The maximum Gasteiger partial charge on any atom is 0.407 e. The summed E-state index contributed by atoms with van der Waals surface area (Å²) in [6.07, 6.45) is -0.935. The van der Waals surface area contributed by atoms with Crippen molar-refractivity contribution in [2.75, 3.05) is 26.8 Å². The summed E-state index contributed by atoms with van der Waals surface area (Å²) in [6, 6.07) is 15.1. The van der Waals surface area contributed by atoms with Gasteiger partial charge in [-0.3, -0.25) is 9.59 Å². The molecule has 2 aliphatic rings. The van der Waals surface area contributed by atoms with Crippen molar-refractivity contribution in [2.45, 2.75) is 31.4 Å². The first-order valence-corrected chi connectivity index (χ1v) is 11.1. The number of hydrogen-bond acceptors (Lipinski definition) is 5. The fraction of sp³-hybridized carbons (Fsp3) is 0.400. The molecule has 174 valence electrons. The summed E-state index contributed by atoms with van der Waals surface area (Å²) in [5.41, 5.74) is 4.46. The molecule has 1 aliphatic heterocycles. The SMILES string of the molecule is COC(C)C(NC(=O)OCC1c2ccccc2-c2ccccc21)C(=O)N1CCC(C(=O)O)C1. The van der Waals surface area contributed by atoms with Gasteiger partial charge in [0.05, 0.1) is 12.0 Å². The molecule has 1 fully saturated rings. The molecule has 33 heavy (non-hydrogen) atoms. The molecule has 2 aromatic carbocycles. The molecule has 1 heterocycles. The van der Waals surface area contributed by atoms with Crippen LogP contribution in [-0.4, -0.2) is 66.9 Å². The van der Waals surface area contributed by atoms with Crippen LogP contribution >= 0.6 is 0 Å². The topological polar surface area (TPSA) is 105 Å². The zero-order valence-corrected chi connectivity index (χ0v) is 18.7. The van der Waals surface area contributed by atoms with Crippen LogP contribution in [0.2, 0.25) is 0 Å². The van der Waals surface area contributed by atoms with Crippen molar-refractivity contribution >= 4 is 18.0 Å². The zero-order valence-electron chi connectivity index (χ0n) is 18.7. The van der Waals surface area contributed by atoms with Gasteiger partial charge in [0.25, 0.3) is 0 Å². The molecule has 4 rings (SSSR count). The number of amides is 2. The van der Waals surface area contributed by atoms with Gasteiger partial charge in [0.2, 0.25) is 5.91 Å². The second-order valence-electron chi connectivity index (χ2n) is 8.50. The summed E-state index contributed by atoms with van der Waals surface area (Å²) < 4.78 is 10.9. The van der Waals surface area contributed by atoms with Crippen LogP contribution in [0.1, 0.15) is 30.4 Å². The van der Waals surface area contributed by atoms with Gasteiger partial charge in [-0.1, -0.05) is 48.5 Å². The molecule has 8 nitrogen and oxygen atoms in total. The molecule has 8 heteroatoms. The van der Waals surface area contributed by atoms with E-state index in [1.807, 2.05) is 36.4 Å². The molecule has 0 saturated carbocycles. The Morgan fingerprint density at radius 2 is 1.70 bits per heavy atom. The van der Waals surface area contributed by atoms with Gasteiger partial charge in [-0.25, -0.2) is 4.79 Å². The Kier molecular flexibility index (Phi) is 6.65. The highest BCUT2D eigenvalue weighted by Gasteiger charge is 2.37. The van der Waals surface area contributed by atoms with Crippen molar-refractivity contribution < 1.29 is 29.0 Å². The Morgan fingerprint density at radius 3 is 2.24 bits per heavy atom. The van der Waals surface area contributed by atoms with E-state index in [2.05, 4.69) is 17.4 Å². The summed E-state index contributed by atoms with van der Waals surface area (Å²) in [5, 5.41) is 11.8. The number of carboxylic acid groups (broad SMARTS) is 1. The van der Waals surface area contributed by atoms with Gasteiger partial charge in [-0.05, 0) is 35.6 Å². The van der Waals surface area contributed by atoms with E-state index >= 15 is 0 Å². The van der Waals surface area contributed by atoms with E-state index in [1.165, 1.54) is 12.0 Å². The largest absolute Gasteiger partial charge is 0.481 e. The summed E-state index contributed by atoms with van der Waals surface area (Å²) in [6.45, 7) is 2.26. The fourth-order valence-electron chi connectivity index (χ4n) is 4.64. The van der Waals surface area contributed by atoms with E-state index < -0.39 is 30.1 Å². The molecule has 1 saturated heterocycles. The monoisotopic (exact) mass is 452 g/mol. The third kappa shape index (κ3) is 4.57. The molecular formula is C25H28N2O6. The lowest BCUT2D eigenvalue weighted by Gasteiger charge is -2.27. The van der Waals surface area contributed by atoms with Gasteiger partial charge < -0.3 is 24.8 Å². The van der Waals surface area contributed by atoms with Gasteiger partial charge in [0.15, 0.2) is 0 Å². The van der Waals surface area contributed by atoms with Crippen molar-refractivity contribution in [1.82, 2.24) is 10.2 Å². The minimum absolute atomic E-state index is 0.0907. The smallest absolute Gasteiger partial charge is 0.407 e. The average molecular weight is 453 g/mol. The summed E-state index contributed by atoms with van der Waals surface area (Å²) in [5.74, 6) is -1.98. The van der Waals surface area contributed by atoms with Crippen LogP contribution in [0.3, 0.4) is 0 Å². The van der Waals surface area contributed by atoms with Gasteiger partial charge in [-0.15, -0.1) is 0 Å². The van der Waals surface area contributed by atoms with Crippen LogP contribution in [0.4, 0.5) is 4.79 Å². The lowest BCUT2D eigenvalue weighted by molar-refractivity contribution is -0.141. The van der Waals surface area contributed by atoms with Gasteiger partial charge in [0, 0.05) is 26.1 Å². The number of carbonyl (C=O) groups is 3. The lowest BCUT2D eigenvalue weighted by atomic mass is 9.98. The van der Waals surface area contributed by atoms with Gasteiger partial charge >= 0.3 is 12.1 Å². The van der Waals surface area contributed by atoms with Crippen LogP contribution < -0.4 is 5.32 Å². The number of fused-ring (bicyclic) bond motifs is 3. The second kappa shape index (κ2) is 9.62. The van der Waals surface area contributed by atoms with Crippen molar-refractivity contribution in [3.05, 3.63) is 59.7 Å². The summed E-state index contributed by atoms with van der Waals surface area (Å²) >= 11 is 0. The number of carboxylic acids is 1. The molecule has 0 spiro atoms. The number of alkyl carbamates (subject to hydrolysis) is 1. The number of methoxy groups -OCH3 is 1. The lowest BCUT2D eigenvalue weighted by Crippen LogP contribution is -2.54. The number of nitrogens with zero attached hydrogens (tertiary/aromatic N) is 1. The quantitative estimate of drug-likeness (QED) is 0.669. The van der Waals surface area contributed by atoms with Crippen molar-refractivity contribution in [3.63, 3.8) is 0 Å². The maximum absolute atomic E-state index is 13.0. The van der Waals surface area contributed by atoms with E-state index in [-0.39, 0.29) is 25.0 Å². The highest BCUT2D eigenvalue weighted by Crippen LogP contribution is 2.44. The normalized spacial score (nSPS) is 18.8. The number of ether oxygens (including phenoxy) is 2. The van der Waals surface area contributed by atoms with Crippen molar-refractivity contribution in [3.8, 4) is 11.1 Å². The minimum Gasteiger partial charge on any atom is -0.481 e. The Morgan fingerprint density at radius 1 is 1.09 bits per heavy atom. The highest BCUT2D eigenvalue weighted by atomic mass is 16.5. The molecule has 0 radical (unpaired) electrons. The summed E-state index contributed by atoms with van der Waals surface area (Å²) in [7, 11) is 1.45. The van der Waals surface area contributed by atoms with Crippen LogP contribution in [0.25, 0.3) is 11.1 Å². The molecule has 1 aliphatic carbocycles. The number of benzene rings is 2. The number of aliphatic carboxylic acids is 1. The third-order valence-corrected chi connectivity index (χ3v) is 6.57. The first-order chi connectivity index (χ1) is 15.9.